The Balaban J connectivity index is 0.00000183. The van der Waals surface area contributed by atoms with Gasteiger partial charge < -0.3 is 28.8 Å². The third kappa shape index (κ3) is 11.3. The van der Waals surface area contributed by atoms with Crippen LogP contribution in [0.15, 0.2) is 67.0 Å². The second-order valence-corrected chi connectivity index (χ2v) is 16.0. The number of rotatable bonds is 16. The first-order valence-corrected chi connectivity index (χ1v) is 20.1. The summed E-state index contributed by atoms with van der Waals surface area (Å²) >= 11 is 14.0. The molecule has 310 valence electrons. The molecule has 0 spiro atoms. The second kappa shape index (κ2) is 19.9. The van der Waals surface area contributed by atoms with E-state index in [1.807, 2.05) is 0 Å². The number of esters is 2. The molecule has 12 nitrogen and oxygen atoms in total. The number of ether oxygens (including phenoxy) is 4. The van der Waals surface area contributed by atoms with Crippen molar-refractivity contribution in [1.82, 2.24) is 10.2 Å². The van der Waals surface area contributed by atoms with Gasteiger partial charge in [0.25, 0.3) is 0 Å². The number of carboxylic acid groups (broad SMARTS) is 1. The zero-order chi connectivity index (χ0) is 41.3. The maximum absolute atomic E-state index is 15.0. The number of aromatic nitrogens is 1. The molecule has 3 saturated heterocycles. The van der Waals surface area contributed by atoms with E-state index in [4.69, 9.17) is 52.1 Å². The lowest BCUT2D eigenvalue weighted by molar-refractivity contribution is -0.904. The lowest BCUT2D eigenvalue weighted by atomic mass is 9.86. The van der Waals surface area contributed by atoms with Crippen molar-refractivity contribution in [2.24, 2.45) is 11.8 Å². The maximum Gasteiger partial charge on any atom is 0.387 e. The molecule has 4 aromatic rings. The van der Waals surface area contributed by atoms with Crippen LogP contribution in [0.3, 0.4) is 0 Å². The molecule has 2 aromatic heterocycles. The Kier molecular flexibility index (Phi) is 14.7. The third-order valence-electron chi connectivity index (χ3n) is 10.1. The van der Waals surface area contributed by atoms with Crippen LogP contribution in [-0.2, 0) is 32.0 Å². The first kappa shape index (κ1) is 43.0. The smallest absolute Gasteiger partial charge is 0.387 e. The normalized spacial score (nSPS) is 19.4. The molecule has 58 heavy (non-hydrogen) atoms. The quantitative estimate of drug-likeness (QED) is 0.0584. The summed E-state index contributed by atoms with van der Waals surface area (Å²) in [6.45, 7) is -0.554. The van der Waals surface area contributed by atoms with Gasteiger partial charge in [0, 0.05) is 46.7 Å². The Morgan fingerprint density at radius 1 is 1.03 bits per heavy atom. The molecule has 18 heteroatoms. The Morgan fingerprint density at radius 3 is 2.38 bits per heavy atom. The molecule has 0 amide bonds. The summed E-state index contributed by atoms with van der Waals surface area (Å²) in [5.74, 6) is -1.35. The fourth-order valence-corrected chi connectivity index (χ4v) is 8.38. The summed E-state index contributed by atoms with van der Waals surface area (Å²) in [6.07, 6.45) is 4.93. The lowest BCUT2D eigenvalue weighted by Gasteiger charge is -2.44. The number of alkyl halides is 2. The molecule has 1 saturated carbocycles. The van der Waals surface area contributed by atoms with Crippen molar-refractivity contribution in [3.8, 4) is 11.5 Å². The van der Waals surface area contributed by atoms with E-state index in [1.165, 1.54) is 36.7 Å². The molecule has 1 unspecified atom stereocenters. The highest BCUT2D eigenvalue weighted by atomic mass is 35.5. The van der Waals surface area contributed by atoms with Crippen LogP contribution in [0.1, 0.15) is 69.1 Å². The van der Waals surface area contributed by atoms with Gasteiger partial charge in [0.1, 0.15) is 39.0 Å². The fourth-order valence-electron chi connectivity index (χ4n) is 6.93. The van der Waals surface area contributed by atoms with E-state index in [-0.39, 0.29) is 57.0 Å². The molecule has 8 rings (SSSR count). The van der Waals surface area contributed by atoms with E-state index in [2.05, 4.69) is 10.2 Å². The van der Waals surface area contributed by atoms with E-state index < -0.39 is 43.0 Å². The maximum atomic E-state index is 15.0. The number of thiophene rings is 1. The zero-order valence-electron chi connectivity index (χ0n) is 30.9. The van der Waals surface area contributed by atoms with Crippen molar-refractivity contribution in [2.75, 3.05) is 26.2 Å². The molecule has 2 N–H and O–H groups in total. The standard InChI is InChI=1S/C39H39Cl2F3N3O7S.CH2O2/c40-28-18-47(50)19-29(41)27(28)16-32(24-7-9-31(54-39(43)44)33(15-24)51-21-22-5-6-22)52-37(48)35-10-8-25(55-35)17-45-36(26-3-1-2-4-30(26)42)38(49)53-34-20-46-13-11-23(34)12-14-46;2-1-3/h1-4,7-10,15,18-19,22-23,32,34,36,39,45,50H,5-6,11-14,16-17,20-21H2;1H,(H,2,3)/q+1;/p-1/t32-,34-,36?;/m0./s1. The van der Waals surface area contributed by atoms with Gasteiger partial charge in [0.15, 0.2) is 11.5 Å². The van der Waals surface area contributed by atoms with Gasteiger partial charge in [-0.15, -0.1) is 11.3 Å². The van der Waals surface area contributed by atoms with Crippen molar-refractivity contribution in [3.05, 3.63) is 109 Å². The monoisotopic (exact) mass is 865 g/mol. The highest BCUT2D eigenvalue weighted by Crippen LogP contribution is 2.38. The number of pyridine rings is 1. The van der Waals surface area contributed by atoms with Crippen molar-refractivity contribution in [1.29, 1.82) is 0 Å². The molecule has 2 aromatic carbocycles. The van der Waals surface area contributed by atoms with E-state index in [0.717, 1.165) is 50.1 Å². The van der Waals surface area contributed by atoms with Gasteiger partial charge in [-0.3, -0.25) is 15.4 Å². The Morgan fingerprint density at radius 2 is 1.74 bits per heavy atom. The van der Waals surface area contributed by atoms with Crippen LogP contribution in [-0.4, -0.2) is 67.5 Å². The molecule has 4 fully saturated rings. The largest absolute Gasteiger partial charge is 0.554 e. The van der Waals surface area contributed by atoms with Crippen LogP contribution in [0.2, 0.25) is 10.0 Å². The Bertz CT molecular complexity index is 2040. The second-order valence-electron chi connectivity index (χ2n) is 14.1. The molecule has 4 aliphatic rings. The number of carbonyl (C=O) groups is 3. The summed E-state index contributed by atoms with van der Waals surface area (Å²) in [5.41, 5.74) is 0.907. The molecule has 3 aliphatic heterocycles. The number of halogens is 5. The minimum absolute atomic E-state index is 0.0484. The number of piperidine rings is 3. The number of hydrogen-bond acceptors (Lipinski definition) is 12. The van der Waals surface area contributed by atoms with Gasteiger partial charge in [0.2, 0.25) is 12.4 Å². The van der Waals surface area contributed by atoms with E-state index in [9.17, 15) is 23.6 Å². The molecule has 5 heterocycles. The van der Waals surface area contributed by atoms with Crippen molar-refractivity contribution in [2.45, 2.75) is 63.5 Å². The van der Waals surface area contributed by atoms with Crippen LogP contribution in [0, 0.1) is 17.7 Å². The van der Waals surface area contributed by atoms with Crippen LogP contribution < -0.4 is 24.6 Å². The minimum atomic E-state index is -3.09. The molecule has 2 bridgehead atoms. The number of hydrogen-bond donors (Lipinski definition) is 2. The van der Waals surface area contributed by atoms with E-state index >= 15 is 4.39 Å². The van der Waals surface area contributed by atoms with Crippen molar-refractivity contribution >= 4 is 52.9 Å². The van der Waals surface area contributed by atoms with Crippen molar-refractivity contribution in [3.63, 3.8) is 0 Å². The number of carbonyl (C=O) groups excluding carboxylic acids is 3. The van der Waals surface area contributed by atoms with Crippen LogP contribution in [0.4, 0.5) is 13.2 Å². The predicted octanol–water partition coefficient (Wildman–Crippen LogP) is 6.08. The number of nitrogens with one attached hydrogen (secondary N) is 1. The molecular weight excluding hydrogens is 826 g/mol. The average Bonchev–Trinajstić information content (AvgIpc) is 3.90. The molecular formula is C40H40Cl2F3N3O9S. The van der Waals surface area contributed by atoms with Gasteiger partial charge in [-0.05, 0) is 86.5 Å². The number of nitrogens with zero attached hydrogens (tertiary/aromatic N) is 2. The van der Waals surface area contributed by atoms with Crippen molar-refractivity contribution < 1.29 is 61.5 Å². The summed E-state index contributed by atoms with van der Waals surface area (Å²) in [4.78, 5) is 38.7. The van der Waals surface area contributed by atoms with E-state index in [0.29, 0.717) is 39.8 Å². The van der Waals surface area contributed by atoms with Gasteiger partial charge >= 0.3 is 18.6 Å². The predicted molar refractivity (Wildman–Crippen MR) is 202 cm³/mol. The number of benzene rings is 2. The van der Waals surface area contributed by atoms with Gasteiger partial charge in [-0.2, -0.15) is 8.78 Å². The van der Waals surface area contributed by atoms with Crippen LogP contribution >= 0.6 is 34.5 Å². The summed E-state index contributed by atoms with van der Waals surface area (Å²) < 4.78 is 64.9. The van der Waals surface area contributed by atoms with Gasteiger partial charge in [-0.1, -0.05) is 47.5 Å². The highest BCUT2D eigenvalue weighted by molar-refractivity contribution is 7.13. The summed E-state index contributed by atoms with van der Waals surface area (Å²) in [5, 5.41) is 21.5. The van der Waals surface area contributed by atoms with Gasteiger partial charge in [-0.25, -0.2) is 14.0 Å². The topological polar surface area (TPSA) is 151 Å². The number of fused-ring (bicyclic) bond motifs is 3. The Labute approximate surface area is 345 Å². The van der Waals surface area contributed by atoms with Crippen LogP contribution in [0.25, 0.3) is 0 Å². The molecule has 3 atom stereocenters. The zero-order valence-corrected chi connectivity index (χ0v) is 33.2. The molecule has 0 radical (unpaired) electrons. The Hall–Kier alpha value is -4.61. The average molecular weight is 867 g/mol. The van der Waals surface area contributed by atoms with Gasteiger partial charge in [0.05, 0.1) is 6.61 Å². The summed E-state index contributed by atoms with van der Waals surface area (Å²) in [7, 11) is 0. The van der Waals surface area contributed by atoms with E-state index in [1.54, 1.807) is 30.3 Å². The summed E-state index contributed by atoms with van der Waals surface area (Å²) in [6, 6.07) is 12.5. The minimum Gasteiger partial charge on any atom is -0.554 e. The van der Waals surface area contributed by atoms with Crippen LogP contribution in [0.5, 0.6) is 11.5 Å². The highest BCUT2D eigenvalue weighted by Gasteiger charge is 2.38. The first-order chi connectivity index (χ1) is 27.9. The molecule has 1 aliphatic carbocycles. The third-order valence-corrected chi connectivity index (χ3v) is 11.8. The lowest BCUT2D eigenvalue weighted by Crippen LogP contribution is -2.52. The first-order valence-electron chi connectivity index (χ1n) is 18.5. The fraction of sp³-hybridized carbons (Fsp3) is 0.400. The SMILES string of the molecule is O=C(O[C@@H](Cc1c(Cl)c[n+](O)cc1Cl)c1ccc(OC(F)F)c(OCC2CC2)c1)c1ccc(CNC(C(=O)O[C@H]2CN3CCC2CC3)c2ccccc2F)s1.O=C[O-].